The molecule has 1 nitrogen and oxygen atoms in total. The number of nitrogens with zero attached hydrogens (tertiary/aromatic N) is 1. The molecule has 0 aliphatic heterocycles. The van der Waals surface area contributed by atoms with Crippen LogP contribution in [0.15, 0.2) is 17.6 Å². The number of allylic oxidation sites excluding steroid dienone is 1. The van der Waals surface area contributed by atoms with E-state index in [0.29, 0.717) is 0 Å². The topological polar surface area (TPSA) is 12.4 Å². The van der Waals surface area contributed by atoms with Gasteiger partial charge < -0.3 is 0 Å². The highest BCUT2D eigenvalue weighted by Crippen LogP contribution is 1.91. The van der Waals surface area contributed by atoms with Gasteiger partial charge in [0.2, 0.25) is 0 Å². The van der Waals surface area contributed by atoms with E-state index in [-0.39, 0.29) is 0 Å². The zero-order chi connectivity index (χ0) is 6.41. The Bertz CT molecular complexity index is 92.6. The first-order chi connectivity index (χ1) is 3.85. The van der Waals surface area contributed by atoms with E-state index in [1.165, 1.54) is 0 Å². The van der Waals surface area contributed by atoms with Crippen molar-refractivity contribution in [3.63, 3.8) is 0 Å². The number of hydrogen-bond donors (Lipinski definition) is 0. The highest BCUT2D eigenvalue weighted by molar-refractivity contribution is 5.94. The van der Waals surface area contributed by atoms with Crippen LogP contribution in [0.25, 0.3) is 0 Å². The fraction of sp³-hybridized carbons (Fsp3) is 0.571. The highest BCUT2D eigenvalue weighted by atomic mass is 14.7. The van der Waals surface area contributed by atoms with Crippen LogP contribution in [0, 0.1) is 0 Å². The van der Waals surface area contributed by atoms with Crippen LogP contribution in [0.5, 0.6) is 0 Å². The minimum Gasteiger partial charge on any atom is -0.293 e. The van der Waals surface area contributed by atoms with Crippen molar-refractivity contribution in [2.45, 2.75) is 19.8 Å². The van der Waals surface area contributed by atoms with E-state index in [2.05, 4.69) is 18.5 Å². The van der Waals surface area contributed by atoms with Gasteiger partial charge in [-0.1, -0.05) is 19.9 Å². The fourth-order valence-corrected chi connectivity index (χ4v) is 0.561. The quantitative estimate of drug-likeness (QED) is 0.494. The minimum absolute atomic E-state index is 1.06. The van der Waals surface area contributed by atoms with Crippen LogP contribution in [0.1, 0.15) is 19.8 Å². The van der Waals surface area contributed by atoms with Crippen LogP contribution in [0.3, 0.4) is 0 Å². The second-order valence-corrected chi connectivity index (χ2v) is 1.67. The van der Waals surface area contributed by atoms with Crippen molar-refractivity contribution in [2.75, 3.05) is 7.05 Å². The average Bonchev–Trinajstić information content (AvgIpc) is 1.83. The summed E-state index contributed by atoms with van der Waals surface area (Å²) in [5.74, 6) is 0. The molecule has 0 aliphatic carbocycles. The third kappa shape index (κ3) is 2.56. The summed E-state index contributed by atoms with van der Waals surface area (Å²) in [4.78, 5) is 3.99. The standard InChI is InChI=1S/C7H13N/c1-4-6-7(5-2)8-3/h5H,2,4,6H2,1,3H3/b8-7+. The normalized spacial score (nSPS) is 11.5. The maximum atomic E-state index is 3.99. The lowest BCUT2D eigenvalue weighted by Gasteiger charge is -1.91. The van der Waals surface area contributed by atoms with Crippen molar-refractivity contribution in [2.24, 2.45) is 4.99 Å². The molecule has 0 unspecified atom stereocenters. The third-order valence-electron chi connectivity index (χ3n) is 1.03. The molecule has 0 aromatic heterocycles. The molecule has 8 heavy (non-hydrogen) atoms. The van der Waals surface area contributed by atoms with Gasteiger partial charge in [0.1, 0.15) is 0 Å². The minimum atomic E-state index is 1.06. The Labute approximate surface area is 51.1 Å². The van der Waals surface area contributed by atoms with Crippen LogP contribution in [0.4, 0.5) is 0 Å². The fourth-order valence-electron chi connectivity index (χ4n) is 0.561. The van der Waals surface area contributed by atoms with Gasteiger partial charge in [-0.05, 0) is 12.5 Å². The molecule has 0 fully saturated rings. The van der Waals surface area contributed by atoms with Crippen molar-refractivity contribution in [3.05, 3.63) is 12.7 Å². The second-order valence-electron chi connectivity index (χ2n) is 1.67. The van der Waals surface area contributed by atoms with Crippen molar-refractivity contribution in [3.8, 4) is 0 Å². The zero-order valence-corrected chi connectivity index (χ0v) is 5.65. The molecular formula is C7H13N. The average molecular weight is 111 g/mol. The smallest absolute Gasteiger partial charge is 0.0338 e. The third-order valence-corrected chi connectivity index (χ3v) is 1.03. The Balaban J connectivity index is 3.54. The molecule has 0 atom stereocenters. The first-order valence-corrected chi connectivity index (χ1v) is 2.93. The van der Waals surface area contributed by atoms with Crippen molar-refractivity contribution >= 4 is 5.71 Å². The van der Waals surface area contributed by atoms with Gasteiger partial charge in [0.05, 0.1) is 0 Å². The van der Waals surface area contributed by atoms with Crippen LogP contribution < -0.4 is 0 Å². The summed E-state index contributed by atoms with van der Waals surface area (Å²) in [7, 11) is 1.80. The Morgan fingerprint density at radius 1 is 1.75 bits per heavy atom. The molecule has 0 saturated heterocycles. The summed E-state index contributed by atoms with van der Waals surface area (Å²) in [6.45, 7) is 5.75. The Morgan fingerprint density at radius 2 is 2.38 bits per heavy atom. The van der Waals surface area contributed by atoms with Gasteiger partial charge in [0.25, 0.3) is 0 Å². The summed E-state index contributed by atoms with van der Waals surface area (Å²) in [5.41, 5.74) is 1.10. The molecule has 0 heterocycles. The summed E-state index contributed by atoms with van der Waals surface area (Å²) >= 11 is 0. The number of aliphatic imine (C=N–C) groups is 1. The van der Waals surface area contributed by atoms with E-state index < -0.39 is 0 Å². The van der Waals surface area contributed by atoms with E-state index >= 15 is 0 Å². The summed E-state index contributed by atoms with van der Waals surface area (Å²) < 4.78 is 0. The summed E-state index contributed by atoms with van der Waals surface area (Å²) in [5, 5.41) is 0. The van der Waals surface area contributed by atoms with Gasteiger partial charge in [-0.25, -0.2) is 0 Å². The first kappa shape index (κ1) is 7.41. The molecule has 0 N–H and O–H groups in total. The van der Waals surface area contributed by atoms with Crippen molar-refractivity contribution in [1.82, 2.24) is 0 Å². The Hall–Kier alpha value is -0.590. The molecular weight excluding hydrogens is 98.1 g/mol. The van der Waals surface area contributed by atoms with E-state index in [1.807, 2.05) is 6.08 Å². The molecule has 0 saturated carbocycles. The molecule has 0 amide bonds. The van der Waals surface area contributed by atoms with Gasteiger partial charge >= 0.3 is 0 Å². The van der Waals surface area contributed by atoms with Crippen LogP contribution in [-0.4, -0.2) is 12.8 Å². The Kier molecular flexibility index (Phi) is 4.23. The van der Waals surface area contributed by atoms with Gasteiger partial charge in [-0.3, -0.25) is 4.99 Å². The summed E-state index contributed by atoms with van der Waals surface area (Å²) in [6, 6.07) is 0. The molecule has 1 heteroatoms. The maximum Gasteiger partial charge on any atom is 0.0338 e. The van der Waals surface area contributed by atoms with Gasteiger partial charge in [-0.15, -0.1) is 0 Å². The molecule has 0 radical (unpaired) electrons. The number of rotatable bonds is 3. The molecule has 46 valence electrons. The maximum absolute atomic E-state index is 3.99. The van der Waals surface area contributed by atoms with Gasteiger partial charge in [0, 0.05) is 12.8 Å². The van der Waals surface area contributed by atoms with E-state index in [9.17, 15) is 0 Å². The monoisotopic (exact) mass is 111 g/mol. The molecule has 0 spiro atoms. The van der Waals surface area contributed by atoms with Gasteiger partial charge in [0.15, 0.2) is 0 Å². The lowest BCUT2D eigenvalue weighted by atomic mass is 10.2. The predicted molar refractivity (Wildman–Crippen MR) is 38.5 cm³/mol. The van der Waals surface area contributed by atoms with E-state index in [4.69, 9.17) is 0 Å². The zero-order valence-electron chi connectivity index (χ0n) is 5.65. The van der Waals surface area contributed by atoms with E-state index in [1.54, 1.807) is 7.05 Å². The lowest BCUT2D eigenvalue weighted by molar-refractivity contribution is 0.993. The molecule has 0 bridgehead atoms. The molecule has 0 aromatic carbocycles. The first-order valence-electron chi connectivity index (χ1n) is 2.93. The molecule has 0 rings (SSSR count). The van der Waals surface area contributed by atoms with Crippen molar-refractivity contribution < 1.29 is 0 Å². The van der Waals surface area contributed by atoms with Gasteiger partial charge in [-0.2, -0.15) is 0 Å². The van der Waals surface area contributed by atoms with Crippen LogP contribution in [-0.2, 0) is 0 Å². The molecule has 0 aromatic rings. The largest absolute Gasteiger partial charge is 0.293 e. The Morgan fingerprint density at radius 3 is 2.50 bits per heavy atom. The number of hydrogen-bond acceptors (Lipinski definition) is 1. The SMILES string of the molecule is C=C/C(CCC)=N\C. The highest BCUT2D eigenvalue weighted by Gasteiger charge is 1.85. The van der Waals surface area contributed by atoms with Crippen molar-refractivity contribution in [1.29, 1.82) is 0 Å². The lowest BCUT2D eigenvalue weighted by Crippen LogP contribution is -1.89. The van der Waals surface area contributed by atoms with Crippen LogP contribution in [0.2, 0.25) is 0 Å². The summed E-state index contributed by atoms with van der Waals surface area (Å²) in [6.07, 6.45) is 4.02. The second kappa shape index (κ2) is 4.57. The predicted octanol–water partition coefficient (Wildman–Crippen LogP) is 2.04. The van der Waals surface area contributed by atoms with E-state index in [0.717, 1.165) is 18.6 Å². The molecule has 0 aliphatic rings. The van der Waals surface area contributed by atoms with Crippen LogP contribution >= 0.6 is 0 Å².